The van der Waals surface area contributed by atoms with Crippen LogP contribution < -0.4 is 5.32 Å². The fourth-order valence-electron chi connectivity index (χ4n) is 1.32. The van der Waals surface area contributed by atoms with Crippen LogP contribution in [-0.2, 0) is 9.84 Å². The van der Waals surface area contributed by atoms with E-state index in [0.717, 1.165) is 12.3 Å². The molecule has 0 radical (unpaired) electrons. The molecule has 1 amide bonds. The number of halogens is 1. The van der Waals surface area contributed by atoms with Crippen molar-refractivity contribution in [3.05, 3.63) is 38.9 Å². The summed E-state index contributed by atoms with van der Waals surface area (Å²) in [5, 5.41) is 12.9. The van der Waals surface area contributed by atoms with Crippen LogP contribution in [0.1, 0.15) is 24.2 Å². The fourth-order valence-corrected chi connectivity index (χ4v) is 1.91. The number of carbonyl (C=O) groups excluding carboxylic acids is 1. The molecule has 7 nitrogen and oxygen atoms in total. The third kappa shape index (κ3) is 4.15. The molecule has 0 aliphatic rings. The molecule has 9 heteroatoms. The lowest BCUT2D eigenvalue weighted by atomic mass is 10.1. The number of nitro groups is 1. The van der Waals surface area contributed by atoms with Crippen LogP contribution in [0.2, 0.25) is 5.02 Å². The maximum Gasteiger partial charge on any atom is 0.287 e. The highest BCUT2D eigenvalue weighted by molar-refractivity contribution is 7.92. The van der Waals surface area contributed by atoms with E-state index in [1.807, 2.05) is 0 Å². The summed E-state index contributed by atoms with van der Waals surface area (Å²) in [4.78, 5) is 21.9. The Kier molecular flexibility index (Phi) is 4.95. The van der Waals surface area contributed by atoms with Crippen molar-refractivity contribution in [1.82, 2.24) is 5.32 Å². The lowest BCUT2D eigenvalue weighted by molar-refractivity contribution is -0.384. The third-order valence-corrected chi connectivity index (χ3v) is 5.54. The summed E-state index contributed by atoms with van der Waals surface area (Å²) in [7, 11) is -3.34. The van der Waals surface area contributed by atoms with Gasteiger partial charge in [0.05, 0.1) is 9.67 Å². The minimum Gasteiger partial charge on any atom is -0.350 e. The van der Waals surface area contributed by atoms with Gasteiger partial charge in [-0.25, -0.2) is 8.42 Å². The van der Waals surface area contributed by atoms with E-state index in [0.29, 0.717) is 0 Å². The molecule has 0 fully saturated rings. The normalized spacial score (nSPS) is 12.0. The summed E-state index contributed by atoms with van der Waals surface area (Å²) < 4.78 is 21.9. The van der Waals surface area contributed by atoms with Gasteiger partial charge in [0, 0.05) is 24.4 Å². The van der Waals surface area contributed by atoms with Gasteiger partial charge in [0.25, 0.3) is 11.6 Å². The zero-order valence-corrected chi connectivity index (χ0v) is 13.3. The molecule has 0 saturated carbocycles. The lowest BCUT2D eigenvalue weighted by Crippen LogP contribution is -2.43. The third-order valence-electron chi connectivity index (χ3n) is 3.09. The molecule has 116 valence electrons. The monoisotopic (exact) mass is 334 g/mol. The molecule has 1 aromatic rings. The number of carbonyl (C=O) groups is 1. The lowest BCUT2D eigenvalue weighted by Gasteiger charge is -2.22. The Morgan fingerprint density at radius 1 is 1.43 bits per heavy atom. The van der Waals surface area contributed by atoms with Crippen molar-refractivity contribution in [3.8, 4) is 0 Å². The Hall–Kier alpha value is -1.67. The zero-order chi connectivity index (χ0) is 16.4. The number of amides is 1. The number of benzene rings is 1. The van der Waals surface area contributed by atoms with Gasteiger partial charge in [-0.05, 0) is 26.0 Å². The van der Waals surface area contributed by atoms with Crippen LogP contribution >= 0.6 is 11.6 Å². The van der Waals surface area contributed by atoms with Crippen molar-refractivity contribution in [3.63, 3.8) is 0 Å². The second-order valence-electron chi connectivity index (χ2n) is 5.14. The van der Waals surface area contributed by atoms with E-state index in [9.17, 15) is 23.3 Å². The van der Waals surface area contributed by atoms with Crippen LogP contribution in [0.3, 0.4) is 0 Å². The van der Waals surface area contributed by atoms with E-state index in [1.54, 1.807) is 0 Å². The molecule has 0 heterocycles. The highest BCUT2D eigenvalue weighted by Gasteiger charge is 2.30. The smallest absolute Gasteiger partial charge is 0.287 e. The van der Waals surface area contributed by atoms with E-state index in [-0.39, 0.29) is 22.8 Å². The average molecular weight is 335 g/mol. The molecule has 0 saturated heterocycles. The van der Waals surface area contributed by atoms with Crippen molar-refractivity contribution in [1.29, 1.82) is 0 Å². The van der Waals surface area contributed by atoms with Gasteiger partial charge in [-0.1, -0.05) is 11.6 Å². The molecule has 1 aromatic carbocycles. The Balaban J connectivity index is 2.87. The molecule has 0 atom stereocenters. The number of hydrogen-bond donors (Lipinski definition) is 1. The van der Waals surface area contributed by atoms with Gasteiger partial charge in [0.2, 0.25) is 0 Å². The van der Waals surface area contributed by atoms with E-state index in [1.165, 1.54) is 26.0 Å². The van der Waals surface area contributed by atoms with Crippen LogP contribution in [-0.4, -0.2) is 36.8 Å². The van der Waals surface area contributed by atoms with Gasteiger partial charge in [-0.3, -0.25) is 14.9 Å². The number of nitrogens with zero attached hydrogens (tertiary/aromatic N) is 1. The Morgan fingerprint density at radius 2 is 2.00 bits per heavy atom. The van der Waals surface area contributed by atoms with Crippen molar-refractivity contribution in [2.75, 3.05) is 12.8 Å². The first-order chi connectivity index (χ1) is 9.45. The van der Waals surface area contributed by atoms with Crippen LogP contribution in [0.15, 0.2) is 18.2 Å². The summed E-state index contributed by atoms with van der Waals surface area (Å²) in [6, 6.07) is 3.55. The van der Waals surface area contributed by atoms with Crippen molar-refractivity contribution in [2.45, 2.75) is 18.6 Å². The molecular formula is C12H15ClN2O5S. The Bertz CT molecular complexity index is 685. The summed E-state index contributed by atoms with van der Waals surface area (Å²) in [5.74, 6) is -0.552. The van der Waals surface area contributed by atoms with Gasteiger partial charge in [0.1, 0.15) is 5.02 Å². The van der Waals surface area contributed by atoms with E-state index in [4.69, 9.17) is 11.6 Å². The van der Waals surface area contributed by atoms with E-state index >= 15 is 0 Å². The fraction of sp³-hybridized carbons (Fsp3) is 0.417. The van der Waals surface area contributed by atoms with Crippen LogP contribution in [0.25, 0.3) is 0 Å². The predicted molar refractivity (Wildman–Crippen MR) is 79.4 cm³/mol. The SMILES string of the molecule is CC(C)(CNC(=O)c1ccc([N+](=O)[O-])c(Cl)c1)S(C)(=O)=O. The first-order valence-corrected chi connectivity index (χ1v) is 8.14. The minimum absolute atomic E-state index is 0.0841. The van der Waals surface area contributed by atoms with Gasteiger partial charge in [-0.2, -0.15) is 0 Å². The topological polar surface area (TPSA) is 106 Å². The molecule has 1 rings (SSSR count). The van der Waals surface area contributed by atoms with Gasteiger partial charge >= 0.3 is 0 Å². The molecular weight excluding hydrogens is 320 g/mol. The highest BCUT2D eigenvalue weighted by Crippen LogP contribution is 2.25. The van der Waals surface area contributed by atoms with E-state index in [2.05, 4.69) is 5.32 Å². The highest BCUT2D eigenvalue weighted by atomic mass is 35.5. The molecule has 0 aromatic heterocycles. The summed E-state index contributed by atoms with van der Waals surface area (Å²) >= 11 is 5.71. The molecule has 0 aliphatic carbocycles. The molecule has 0 bridgehead atoms. The van der Waals surface area contributed by atoms with Crippen LogP contribution in [0.5, 0.6) is 0 Å². The number of hydrogen-bond acceptors (Lipinski definition) is 5. The van der Waals surface area contributed by atoms with Gasteiger partial charge in [-0.15, -0.1) is 0 Å². The molecule has 1 N–H and O–H groups in total. The summed E-state index contributed by atoms with van der Waals surface area (Å²) in [6.45, 7) is 2.90. The number of nitrogens with one attached hydrogen (secondary N) is 1. The van der Waals surface area contributed by atoms with Crippen molar-refractivity contribution < 1.29 is 18.1 Å². The number of sulfone groups is 1. The number of nitro benzene ring substituents is 1. The second kappa shape index (κ2) is 5.98. The molecule has 0 spiro atoms. The number of rotatable bonds is 5. The largest absolute Gasteiger partial charge is 0.350 e. The second-order valence-corrected chi connectivity index (χ2v) is 8.19. The van der Waals surface area contributed by atoms with Crippen molar-refractivity contribution >= 4 is 33.0 Å². The van der Waals surface area contributed by atoms with E-state index < -0.39 is 25.4 Å². The molecule has 0 aliphatic heterocycles. The van der Waals surface area contributed by atoms with Gasteiger partial charge in [0.15, 0.2) is 9.84 Å². The maximum absolute atomic E-state index is 11.9. The Labute approximate surface area is 127 Å². The standard InChI is InChI=1S/C12H15ClN2O5S/c1-12(2,21(3,19)20)7-14-11(16)8-4-5-10(15(17)18)9(13)6-8/h4-6H,7H2,1-3H3,(H,14,16). The average Bonchev–Trinajstić information content (AvgIpc) is 2.34. The first kappa shape index (κ1) is 17.4. The first-order valence-electron chi connectivity index (χ1n) is 5.87. The quantitative estimate of drug-likeness (QED) is 0.652. The van der Waals surface area contributed by atoms with Crippen molar-refractivity contribution in [2.24, 2.45) is 0 Å². The zero-order valence-electron chi connectivity index (χ0n) is 11.7. The Morgan fingerprint density at radius 3 is 2.43 bits per heavy atom. The van der Waals surface area contributed by atoms with Gasteiger partial charge < -0.3 is 5.32 Å². The predicted octanol–water partition coefficient (Wildman–Crippen LogP) is 1.80. The summed E-state index contributed by atoms with van der Waals surface area (Å²) in [5.41, 5.74) is -0.181. The van der Waals surface area contributed by atoms with Crippen LogP contribution in [0.4, 0.5) is 5.69 Å². The summed E-state index contributed by atoms with van der Waals surface area (Å²) in [6.07, 6.45) is 1.09. The molecule has 0 unspecified atom stereocenters. The maximum atomic E-state index is 11.9. The molecule has 21 heavy (non-hydrogen) atoms. The minimum atomic E-state index is -3.34. The van der Waals surface area contributed by atoms with Crippen LogP contribution in [0, 0.1) is 10.1 Å².